The molecule has 0 aliphatic carbocycles. The van der Waals surface area contributed by atoms with E-state index < -0.39 is 0 Å². The van der Waals surface area contributed by atoms with Crippen LogP contribution in [-0.2, 0) is 0 Å². The van der Waals surface area contributed by atoms with Crippen molar-refractivity contribution in [1.29, 1.82) is 0 Å². The number of pyridine rings is 1. The first-order valence-electron chi connectivity index (χ1n) is 11.8. The van der Waals surface area contributed by atoms with Gasteiger partial charge in [-0.3, -0.25) is 4.98 Å². The SMILES string of the molecule is Cc1cc(Oc2nc(O)c3ccncc3n2)ccc1N(C)c1cc(N2CCN(C)CC2)ccc1C. The molecule has 2 aromatic heterocycles. The maximum atomic E-state index is 10.2. The third-order valence-corrected chi connectivity index (χ3v) is 6.62. The second-order valence-corrected chi connectivity index (χ2v) is 9.09. The van der Waals surface area contributed by atoms with Crippen LogP contribution in [0.25, 0.3) is 10.9 Å². The fraction of sp³-hybridized carbons (Fsp3) is 0.296. The summed E-state index contributed by atoms with van der Waals surface area (Å²) in [6.45, 7) is 8.43. The standard InChI is InChI=1S/C27H30N6O2/c1-18-5-6-20(33-13-11-31(3)12-14-33)16-25(18)32(4)24-8-7-21(15-19(24)2)35-27-29-23-17-28-10-9-22(23)26(34)30-27/h5-10,15-17H,11-14H2,1-4H3,(H,29,30,34). The molecule has 0 bridgehead atoms. The number of aryl methyl sites for hydroxylation is 2. The average molecular weight is 471 g/mol. The first-order chi connectivity index (χ1) is 16.9. The lowest BCUT2D eigenvalue weighted by Crippen LogP contribution is -2.44. The first kappa shape index (κ1) is 22.9. The van der Waals surface area contributed by atoms with Gasteiger partial charge in [0.25, 0.3) is 0 Å². The monoisotopic (exact) mass is 470 g/mol. The summed E-state index contributed by atoms with van der Waals surface area (Å²) in [7, 11) is 4.27. The molecular weight excluding hydrogens is 440 g/mol. The van der Waals surface area contributed by atoms with Crippen LogP contribution in [0.2, 0.25) is 0 Å². The molecule has 4 aromatic rings. The molecule has 1 aliphatic heterocycles. The lowest BCUT2D eigenvalue weighted by atomic mass is 10.1. The van der Waals surface area contributed by atoms with Crippen molar-refractivity contribution in [3.63, 3.8) is 0 Å². The molecule has 1 fully saturated rings. The number of likely N-dealkylation sites (N-methyl/N-ethyl adjacent to an activating group) is 1. The van der Waals surface area contributed by atoms with Gasteiger partial charge in [0.2, 0.25) is 5.88 Å². The maximum absolute atomic E-state index is 10.2. The second kappa shape index (κ2) is 9.38. The third-order valence-electron chi connectivity index (χ3n) is 6.62. The predicted molar refractivity (Wildman–Crippen MR) is 139 cm³/mol. The molecule has 1 saturated heterocycles. The van der Waals surface area contributed by atoms with Gasteiger partial charge in [-0.2, -0.15) is 9.97 Å². The smallest absolute Gasteiger partial charge is 0.325 e. The highest BCUT2D eigenvalue weighted by molar-refractivity contribution is 5.82. The fourth-order valence-electron chi connectivity index (χ4n) is 4.51. The van der Waals surface area contributed by atoms with Crippen molar-refractivity contribution in [3.8, 4) is 17.6 Å². The number of piperazine rings is 1. The van der Waals surface area contributed by atoms with Crippen molar-refractivity contribution >= 4 is 28.0 Å². The van der Waals surface area contributed by atoms with Crippen LogP contribution in [0.15, 0.2) is 54.9 Å². The van der Waals surface area contributed by atoms with Gasteiger partial charge in [0.05, 0.1) is 17.1 Å². The zero-order chi connectivity index (χ0) is 24.5. The summed E-state index contributed by atoms with van der Waals surface area (Å²) < 4.78 is 5.88. The summed E-state index contributed by atoms with van der Waals surface area (Å²) in [5.41, 5.74) is 6.32. The van der Waals surface area contributed by atoms with Gasteiger partial charge in [0, 0.05) is 56.5 Å². The Morgan fingerprint density at radius 3 is 2.49 bits per heavy atom. The first-order valence-corrected chi connectivity index (χ1v) is 11.8. The number of anilines is 3. The molecule has 5 rings (SSSR count). The minimum Gasteiger partial charge on any atom is -0.493 e. The third kappa shape index (κ3) is 4.70. The molecule has 0 saturated carbocycles. The van der Waals surface area contributed by atoms with Gasteiger partial charge in [-0.05, 0) is 68.4 Å². The Morgan fingerprint density at radius 2 is 1.71 bits per heavy atom. The van der Waals surface area contributed by atoms with Crippen molar-refractivity contribution in [2.75, 3.05) is 50.1 Å². The Bertz CT molecular complexity index is 1370. The highest BCUT2D eigenvalue weighted by atomic mass is 16.5. The molecule has 3 heterocycles. The number of benzene rings is 2. The van der Waals surface area contributed by atoms with Gasteiger partial charge >= 0.3 is 6.01 Å². The number of rotatable bonds is 5. The summed E-state index contributed by atoms with van der Waals surface area (Å²) in [6, 6.07) is 14.3. The van der Waals surface area contributed by atoms with E-state index in [2.05, 4.69) is 75.8 Å². The van der Waals surface area contributed by atoms with Crippen molar-refractivity contribution < 1.29 is 9.84 Å². The zero-order valence-electron chi connectivity index (χ0n) is 20.6. The van der Waals surface area contributed by atoms with Crippen LogP contribution < -0.4 is 14.5 Å². The Balaban J connectivity index is 1.38. The molecule has 0 spiro atoms. The van der Waals surface area contributed by atoms with E-state index in [4.69, 9.17) is 4.74 Å². The molecule has 1 aliphatic rings. The summed E-state index contributed by atoms with van der Waals surface area (Å²) in [5, 5.41) is 10.7. The van der Waals surface area contributed by atoms with Crippen LogP contribution in [0.1, 0.15) is 11.1 Å². The molecule has 8 heteroatoms. The van der Waals surface area contributed by atoms with Crippen LogP contribution in [0.3, 0.4) is 0 Å². The molecular formula is C27H30N6O2. The highest BCUT2D eigenvalue weighted by Gasteiger charge is 2.17. The van der Waals surface area contributed by atoms with Gasteiger partial charge in [-0.25, -0.2) is 0 Å². The van der Waals surface area contributed by atoms with Crippen LogP contribution in [0.5, 0.6) is 17.6 Å². The molecule has 0 atom stereocenters. The van der Waals surface area contributed by atoms with Gasteiger partial charge in [0.1, 0.15) is 5.75 Å². The van der Waals surface area contributed by atoms with Crippen molar-refractivity contribution in [2.24, 2.45) is 0 Å². The predicted octanol–water partition coefficient (Wildman–Crippen LogP) is 4.66. The minimum atomic E-state index is -0.129. The topological polar surface area (TPSA) is 77.8 Å². The number of nitrogens with zero attached hydrogens (tertiary/aromatic N) is 6. The molecule has 35 heavy (non-hydrogen) atoms. The Labute approximate surface area is 205 Å². The van der Waals surface area contributed by atoms with E-state index in [1.54, 1.807) is 18.5 Å². The molecule has 0 unspecified atom stereocenters. The van der Waals surface area contributed by atoms with E-state index in [0.29, 0.717) is 16.7 Å². The van der Waals surface area contributed by atoms with Crippen molar-refractivity contribution in [3.05, 3.63) is 66.0 Å². The van der Waals surface area contributed by atoms with Crippen molar-refractivity contribution in [1.82, 2.24) is 19.9 Å². The summed E-state index contributed by atoms with van der Waals surface area (Å²) in [5.74, 6) is 0.474. The van der Waals surface area contributed by atoms with Gasteiger partial charge in [-0.15, -0.1) is 0 Å². The summed E-state index contributed by atoms with van der Waals surface area (Å²) in [4.78, 5) is 19.5. The second-order valence-electron chi connectivity index (χ2n) is 9.09. The largest absolute Gasteiger partial charge is 0.493 e. The van der Waals surface area contributed by atoms with E-state index in [1.165, 1.54) is 16.9 Å². The Kier molecular flexibility index (Phi) is 6.13. The van der Waals surface area contributed by atoms with E-state index in [-0.39, 0.29) is 11.9 Å². The van der Waals surface area contributed by atoms with Crippen LogP contribution in [-0.4, -0.2) is 65.2 Å². The number of hydrogen-bond donors (Lipinski definition) is 1. The van der Waals surface area contributed by atoms with Crippen LogP contribution in [0.4, 0.5) is 17.1 Å². The summed E-state index contributed by atoms with van der Waals surface area (Å²) in [6.07, 6.45) is 3.17. The lowest BCUT2D eigenvalue weighted by molar-refractivity contribution is 0.313. The Morgan fingerprint density at radius 1 is 0.914 bits per heavy atom. The zero-order valence-corrected chi connectivity index (χ0v) is 20.6. The van der Waals surface area contributed by atoms with E-state index >= 15 is 0 Å². The number of ether oxygens (including phenoxy) is 1. The molecule has 1 N–H and O–H groups in total. The normalized spacial score (nSPS) is 14.3. The van der Waals surface area contributed by atoms with Crippen LogP contribution in [0, 0.1) is 13.8 Å². The van der Waals surface area contributed by atoms with E-state index in [1.807, 2.05) is 18.2 Å². The van der Waals surface area contributed by atoms with Crippen LogP contribution >= 0.6 is 0 Å². The van der Waals surface area contributed by atoms with Gasteiger partial charge in [0.15, 0.2) is 0 Å². The average Bonchev–Trinajstić information content (AvgIpc) is 2.85. The van der Waals surface area contributed by atoms with Crippen molar-refractivity contribution in [2.45, 2.75) is 13.8 Å². The number of aromatic hydroxyl groups is 1. The van der Waals surface area contributed by atoms with E-state index in [9.17, 15) is 5.11 Å². The molecule has 2 aromatic carbocycles. The van der Waals surface area contributed by atoms with Gasteiger partial charge < -0.3 is 24.5 Å². The summed E-state index contributed by atoms with van der Waals surface area (Å²) >= 11 is 0. The van der Waals surface area contributed by atoms with Gasteiger partial charge in [-0.1, -0.05) is 6.07 Å². The number of hydrogen-bond acceptors (Lipinski definition) is 8. The lowest BCUT2D eigenvalue weighted by Gasteiger charge is -2.35. The molecule has 8 nitrogen and oxygen atoms in total. The Hall–Kier alpha value is -3.91. The maximum Gasteiger partial charge on any atom is 0.325 e. The molecule has 180 valence electrons. The van der Waals surface area contributed by atoms with E-state index in [0.717, 1.165) is 37.4 Å². The molecule has 0 amide bonds. The number of fused-ring (bicyclic) bond motifs is 1. The molecule has 0 radical (unpaired) electrons. The minimum absolute atomic E-state index is 0.0826. The highest BCUT2D eigenvalue weighted by Crippen LogP contribution is 2.35. The quantitative estimate of drug-likeness (QED) is 0.451. The fourth-order valence-corrected chi connectivity index (χ4v) is 4.51. The number of aromatic nitrogens is 3.